The Bertz CT molecular complexity index is 270. The minimum Gasteiger partial charge on any atom is -0.386 e. The highest BCUT2D eigenvalue weighted by atomic mass is 32.1. The maximum atomic E-state index is 9.39. The van der Waals surface area contributed by atoms with Crippen molar-refractivity contribution in [3.05, 3.63) is 16.1 Å². The van der Waals surface area contributed by atoms with Crippen LogP contribution in [0, 0.1) is 0 Å². The van der Waals surface area contributed by atoms with Crippen LogP contribution in [0.25, 0.3) is 0 Å². The third-order valence-electron chi connectivity index (χ3n) is 2.02. The van der Waals surface area contributed by atoms with Gasteiger partial charge in [-0.2, -0.15) is 0 Å². The zero-order valence-electron chi connectivity index (χ0n) is 6.73. The van der Waals surface area contributed by atoms with Crippen molar-refractivity contribution < 1.29 is 5.11 Å². The molecule has 1 heterocycles. The predicted molar refractivity (Wildman–Crippen MR) is 48.1 cm³/mol. The van der Waals surface area contributed by atoms with Crippen LogP contribution in [-0.2, 0) is 0 Å². The number of hydrogen-bond donors (Lipinski definition) is 2. The van der Waals surface area contributed by atoms with Crippen molar-refractivity contribution in [1.82, 2.24) is 4.98 Å². The Hall–Kier alpha value is -0.450. The first kappa shape index (κ1) is 8.16. The number of aliphatic hydroxyl groups excluding tert-OH is 1. The molecular formula is C8H12N2OS. The molecule has 1 atom stereocenters. The molecule has 1 saturated carbocycles. The highest BCUT2D eigenvalue weighted by molar-refractivity contribution is 7.11. The van der Waals surface area contributed by atoms with Crippen molar-refractivity contribution in [1.29, 1.82) is 0 Å². The smallest absolute Gasteiger partial charge is 0.102 e. The zero-order valence-corrected chi connectivity index (χ0v) is 7.55. The lowest BCUT2D eigenvalue weighted by molar-refractivity contribution is 0.190. The second-order valence-electron chi connectivity index (χ2n) is 3.13. The molecule has 1 aliphatic carbocycles. The molecule has 0 aromatic carbocycles. The van der Waals surface area contributed by atoms with Crippen LogP contribution in [0.3, 0.4) is 0 Å². The Kier molecular flexibility index (Phi) is 2.12. The Balaban J connectivity index is 2.12. The summed E-state index contributed by atoms with van der Waals surface area (Å²) in [5.74, 6) is 0.675. The second-order valence-corrected chi connectivity index (χ2v) is 4.22. The maximum absolute atomic E-state index is 9.39. The van der Waals surface area contributed by atoms with E-state index in [1.54, 1.807) is 17.5 Å². The summed E-state index contributed by atoms with van der Waals surface area (Å²) < 4.78 is 0. The first-order valence-electron chi connectivity index (χ1n) is 4.15. The standard InChI is InChI=1S/C8H12N2OS/c9-3-6(11)7-4-10-8(12-7)5-1-2-5/h4-6,11H,1-3,9H2. The van der Waals surface area contributed by atoms with Gasteiger partial charge in [0.25, 0.3) is 0 Å². The number of nitrogens with two attached hydrogens (primary N) is 1. The van der Waals surface area contributed by atoms with Crippen LogP contribution in [0.4, 0.5) is 0 Å². The highest BCUT2D eigenvalue weighted by Crippen LogP contribution is 2.42. The summed E-state index contributed by atoms with van der Waals surface area (Å²) >= 11 is 1.60. The summed E-state index contributed by atoms with van der Waals surface area (Å²) in [5.41, 5.74) is 5.33. The Morgan fingerprint density at radius 2 is 2.50 bits per heavy atom. The molecule has 1 unspecified atom stereocenters. The first-order valence-corrected chi connectivity index (χ1v) is 4.96. The lowest BCUT2D eigenvalue weighted by Gasteiger charge is -2.01. The average molecular weight is 184 g/mol. The van der Waals surface area contributed by atoms with Crippen molar-refractivity contribution in [2.75, 3.05) is 6.54 Å². The highest BCUT2D eigenvalue weighted by Gasteiger charge is 2.27. The predicted octanol–water partition coefficient (Wildman–Crippen LogP) is 1.01. The van der Waals surface area contributed by atoms with Crippen LogP contribution in [-0.4, -0.2) is 16.6 Å². The summed E-state index contributed by atoms with van der Waals surface area (Å²) in [4.78, 5) is 5.15. The Morgan fingerprint density at radius 1 is 1.75 bits per heavy atom. The molecule has 12 heavy (non-hydrogen) atoms. The monoisotopic (exact) mass is 184 g/mol. The summed E-state index contributed by atoms with van der Waals surface area (Å²) in [6.45, 7) is 0.284. The van der Waals surface area contributed by atoms with Crippen LogP contribution < -0.4 is 5.73 Å². The van der Waals surface area contributed by atoms with E-state index < -0.39 is 6.10 Å². The van der Waals surface area contributed by atoms with E-state index in [2.05, 4.69) is 4.98 Å². The van der Waals surface area contributed by atoms with Gasteiger partial charge in [0.05, 0.1) is 9.88 Å². The van der Waals surface area contributed by atoms with Gasteiger partial charge in [-0.15, -0.1) is 11.3 Å². The molecule has 3 N–H and O–H groups in total. The zero-order chi connectivity index (χ0) is 8.55. The molecule has 2 rings (SSSR count). The van der Waals surface area contributed by atoms with Gasteiger partial charge in [-0.05, 0) is 12.8 Å². The van der Waals surface area contributed by atoms with Crippen molar-refractivity contribution in [3.63, 3.8) is 0 Å². The van der Waals surface area contributed by atoms with Gasteiger partial charge in [-0.1, -0.05) is 0 Å². The second kappa shape index (κ2) is 3.12. The van der Waals surface area contributed by atoms with Gasteiger partial charge in [0, 0.05) is 18.7 Å². The fraction of sp³-hybridized carbons (Fsp3) is 0.625. The summed E-state index contributed by atoms with van der Waals surface area (Å²) in [7, 11) is 0. The maximum Gasteiger partial charge on any atom is 0.102 e. The Labute approximate surface area is 75.2 Å². The van der Waals surface area contributed by atoms with Crippen molar-refractivity contribution in [2.45, 2.75) is 24.9 Å². The van der Waals surface area contributed by atoms with E-state index in [0.717, 1.165) is 9.88 Å². The van der Waals surface area contributed by atoms with Gasteiger partial charge < -0.3 is 10.8 Å². The van der Waals surface area contributed by atoms with Crippen molar-refractivity contribution in [3.8, 4) is 0 Å². The molecule has 3 nitrogen and oxygen atoms in total. The fourth-order valence-electron chi connectivity index (χ4n) is 1.09. The number of aromatic nitrogens is 1. The lowest BCUT2D eigenvalue weighted by atomic mass is 10.3. The molecule has 1 aromatic rings. The minimum atomic E-state index is -0.519. The van der Waals surface area contributed by atoms with Gasteiger partial charge in [0.15, 0.2) is 0 Å². The number of rotatable bonds is 3. The van der Waals surface area contributed by atoms with Gasteiger partial charge >= 0.3 is 0 Å². The molecule has 0 radical (unpaired) electrons. The van der Waals surface area contributed by atoms with Crippen LogP contribution in [0.1, 0.15) is 34.7 Å². The molecule has 1 fully saturated rings. The topological polar surface area (TPSA) is 59.1 Å². The van der Waals surface area contributed by atoms with Gasteiger partial charge in [0.2, 0.25) is 0 Å². The third-order valence-corrected chi connectivity index (χ3v) is 3.28. The SMILES string of the molecule is NCC(O)c1cnc(C2CC2)s1. The van der Waals surface area contributed by atoms with E-state index in [1.165, 1.54) is 12.8 Å². The van der Waals surface area contributed by atoms with Crippen molar-refractivity contribution in [2.24, 2.45) is 5.73 Å². The Morgan fingerprint density at radius 3 is 3.08 bits per heavy atom. The summed E-state index contributed by atoms with van der Waals surface area (Å²) in [6.07, 6.45) is 3.74. The van der Waals surface area contributed by atoms with E-state index in [4.69, 9.17) is 5.73 Å². The number of thiazole rings is 1. The molecule has 0 saturated heterocycles. The molecule has 1 aliphatic rings. The van der Waals surface area contributed by atoms with E-state index in [-0.39, 0.29) is 6.54 Å². The van der Waals surface area contributed by atoms with Crippen molar-refractivity contribution >= 4 is 11.3 Å². The van der Waals surface area contributed by atoms with E-state index in [1.807, 2.05) is 0 Å². The first-order chi connectivity index (χ1) is 5.81. The molecule has 0 amide bonds. The molecule has 1 aromatic heterocycles. The summed E-state index contributed by atoms with van der Waals surface area (Å²) in [6, 6.07) is 0. The average Bonchev–Trinajstić information content (AvgIpc) is 2.83. The van der Waals surface area contributed by atoms with Gasteiger partial charge in [0.1, 0.15) is 6.10 Å². The number of hydrogen-bond acceptors (Lipinski definition) is 4. The van der Waals surface area contributed by atoms with Gasteiger partial charge in [-0.3, -0.25) is 0 Å². The van der Waals surface area contributed by atoms with Crippen LogP contribution >= 0.6 is 11.3 Å². The van der Waals surface area contributed by atoms with Crippen LogP contribution in [0.15, 0.2) is 6.20 Å². The fourth-order valence-corrected chi connectivity index (χ4v) is 2.18. The minimum absolute atomic E-state index is 0.284. The van der Waals surface area contributed by atoms with Gasteiger partial charge in [-0.25, -0.2) is 4.98 Å². The molecule has 0 spiro atoms. The van der Waals surface area contributed by atoms with E-state index in [0.29, 0.717) is 5.92 Å². The molecule has 4 heteroatoms. The van der Waals surface area contributed by atoms with E-state index in [9.17, 15) is 5.11 Å². The lowest BCUT2D eigenvalue weighted by Crippen LogP contribution is -2.09. The quantitative estimate of drug-likeness (QED) is 0.737. The molecule has 0 bridgehead atoms. The summed E-state index contributed by atoms with van der Waals surface area (Å²) in [5, 5.41) is 10.6. The van der Waals surface area contributed by atoms with Crippen LogP contribution in [0.2, 0.25) is 0 Å². The number of nitrogens with zero attached hydrogens (tertiary/aromatic N) is 1. The third kappa shape index (κ3) is 1.50. The number of aliphatic hydroxyl groups is 1. The normalized spacial score (nSPS) is 19.5. The molecule has 0 aliphatic heterocycles. The molecule has 66 valence electrons. The largest absolute Gasteiger partial charge is 0.386 e. The molecular weight excluding hydrogens is 172 g/mol. The van der Waals surface area contributed by atoms with E-state index >= 15 is 0 Å². The van der Waals surface area contributed by atoms with Crippen LogP contribution in [0.5, 0.6) is 0 Å².